The molecule has 0 bridgehead atoms. The Bertz CT molecular complexity index is 1490. The lowest BCUT2D eigenvalue weighted by molar-refractivity contribution is -0.118. The van der Waals surface area contributed by atoms with Gasteiger partial charge in [-0.1, -0.05) is 0 Å². The molecule has 3 aromatic rings. The van der Waals surface area contributed by atoms with E-state index in [-0.39, 0.29) is 23.2 Å². The molecule has 1 saturated carbocycles. The maximum absolute atomic E-state index is 13.2. The average molecular weight is 550 g/mol. The zero-order chi connectivity index (χ0) is 28.2. The lowest BCUT2D eigenvalue weighted by atomic mass is 9.93. The second kappa shape index (κ2) is 11.8. The van der Waals surface area contributed by atoms with Gasteiger partial charge in [-0.3, -0.25) is 24.5 Å². The standard InChI is InChI=1S/C27H31N7O6/c1-16(35)30-25(37)21-7-8-28-27(32-21)31-18-3-5-20(6-4-18)40-23-14-19(33-9-11-39-12-10-33)13-22-24(23)26(38)34(15-29-22)17(2)36/h7-8,13-15,18,20H,3-6,9-12H2,1-2H3,(H,28,31,32)(H,30,35,37). The van der Waals surface area contributed by atoms with Crippen LogP contribution in [0.25, 0.3) is 10.9 Å². The highest BCUT2D eigenvalue weighted by atomic mass is 16.5. The molecule has 1 aliphatic carbocycles. The molecule has 0 spiro atoms. The molecule has 2 aliphatic rings. The predicted molar refractivity (Wildman–Crippen MR) is 146 cm³/mol. The number of fused-ring (bicyclic) bond motifs is 1. The second-order valence-corrected chi connectivity index (χ2v) is 9.89. The van der Waals surface area contributed by atoms with Crippen molar-refractivity contribution in [3.63, 3.8) is 0 Å². The zero-order valence-corrected chi connectivity index (χ0v) is 22.4. The minimum absolute atomic E-state index is 0.0546. The SMILES string of the molecule is CC(=O)NC(=O)c1ccnc(NC2CCC(Oc3cc(N4CCOCC4)cc4ncn(C(C)=O)c(=O)c34)CC2)n1. The van der Waals surface area contributed by atoms with Crippen molar-refractivity contribution in [2.24, 2.45) is 0 Å². The van der Waals surface area contributed by atoms with Crippen molar-refractivity contribution in [2.75, 3.05) is 36.5 Å². The van der Waals surface area contributed by atoms with Gasteiger partial charge in [-0.25, -0.2) is 19.5 Å². The minimum Gasteiger partial charge on any atom is -0.489 e. The summed E-state index contributed by atoms with van der Waals surface area (Å²) < 4.78 is 12.9. The van der Waals surface area contributed by atoms with Crippen LogP contribution in [-0.2, 0) is 9.53 Å². The van der Waals surface area contributed by atoms with Crippen LogP contribution in [0.3, 0.4) is 0 Å². The number of benzene rings is 1. The van der Waals surface area contributed by atoms with E-state index in [1.807, 2.05) is 12.1 Å². The van der Waals surface area contributed by atoms with Gasteiger partial charge in [0.05, 0.1) is 24.8 Å². The molecule has 13 nitrogen and oxygen atoms in total. The summed E-state index contributed by atoms with van der Waals surface area (Å²) >= 11 is 0. The van der Waals surface area contributed by atoms with Gasteiger partial charge in [0.15, 0.2) is 0 Å². The van der Waals surface area contributed by atoms with Gasteiger partial charge in [-0.05, 0) is 37.8 Å². The quantitative estimate of drug-likeness (QED) is 0.462. The van der Waals surface area contributed by atoms with Crippen molar-refractivity contribution in [2.45, 2.75) is 51.7 Å². The molecule has 3 heterocycles. The van der Waals surface area contributed by atoms with Gasteiger partial charge in [-0.2, -0.15) is 0 Å². The summed E-state index contributed by atoms with van der Waals surface area (Å²) in [5.41, 5.74) is 1.01. The van der Waals surface area contributed by atoms with E-state index in [1.165, 1.54) is 32.4 Å². The lowest BCUT2D eigenvalue weighted by Gasteiger charge is -2.31. The van der Waals surface area contributed by atoms with Gasteiger partial charge in [-0.15, -0.1) is 0 Å². The van der Waals surface area contributed by atoms with Crippen LogP contribution in [0.4, 0.5) is 11.6 Å². The molecule has 13 heteroatoms. The van der Waals surface area contributed by atoms with Gasteiger partial charge in [0, 0.05) is 50.9 Å². The first kappa shape index (κ1) is 27.2. The fourth-order valence-corrected chi connectivity index (χ4v) is 4.98. The fraction of sp³-hybridized carbons (Fsp3) is 0.444. The number of imide groups is 1. The predicted octanol–water partition coefficient (Wildman–Crippen LogP) is 1.76. The van der Waals surface area contributed by atoms with E-state index in [2.05, 4.69) is 30.5 Å². The molecule has 2 aromatic heterocycles. The third kappa shape index (κ3) is 6.09. The Hall–Kier alpha value is -4.39. The number of anilines is 2. The van der Waals surface area contributed by atoms with E-state index >= 15 is 0 Å². The van der Waals surface area contributed by atoms with Crippen LogP contribution >= 0.6 is 0 Å². The topological polar surface area (TPSA) is 158 Å². The Morgan fingerprint density at radius 3 is 2.50 bits per heavy atom. The molecule has 1 saturated heterocycles. The van der Waals surface area contributed by atoms with Gasteiger partial charge in [0.2, 0.25) is 17.8 Å². The summed E-state index contributed by atoms with van der Waals surface area (Å²) in [4.78, 5) is 63.5. The van der Waals surface area contributed by atoms with Gasteiger partial charge in [0.25, 0.3) is 11.5 Å². The first-order valence-electron chi connectivity index (χ1n) is 13.3. The summed E-state index contributed by atoms with van der Waals surface area (Å²) in [7, 11) is 0. The first-order valence-corrected chi connectivity index (χ1v) is 13.3. The summed E-state index contributed by atoms with van der Waals surface area (Å²) in [6.45, 7) is 5.23. The number of rotatable bonds is 6. The molecule has 5 rings (SSSR count). The van der Waals surface area contributed by atoms with Gasteiger partial charge >= 0.3 is 0 Å². The van der Waals surface area contributed by atoms with E-state index in [4.69, 9.17) is 9.47 Å². The molecule has 1 aromatic carbocycles. The maximum atomic E-state index is 13.2. The van der Waals surface area contributed by atoms with Crippen molar-refractivity contribution in [1.82, 2.24) is 24.8 Å². The van der Waals surface area contributed by atoms with E-state index in [0.717, 1.165) is 23.1 Å². The van der Waals surface area contributed by atoms with Crippen LogP contribution in [-0.4, -0.2) is 75.7 Å². The molecule has 0 unspecified atom stereocenters. The van der Waals surface area contributed by atoms with Gasteiger partial charge in [0.1, 0.15) is 23.2 Å². The number of hydrogen-bond acceptors (Lipinski definition) is 11. The number of carbonyl (C=O) groups excluding carboxylic acids is 3. The highest BCUT2D eigenvalue weighted by Gasteiger charge is 2.26. The average Bonchev–Trinajstić information content (AvgIpc) is 2.94. The molecule has 0 radical (unpaired) electrons. The number of nitrogens with one attached hydrogen (secondary N) is 2. The Morgan fingerprint density at radius 2 is 1.80 bits per heavy atom. The van der Waals surface area contributed by atoms with Gasteiger partial charge < -0.3 is 19.7 Å². The second-order valence-electron chi connectivity index (χ2n) is 9.89. The highest BCUT2D eigenvalue weighted by Crippen LogP contribution is 2.33. The van der Waals surface area contributed by atoms with Crippen LogP contribution in [0.15, 0.2) is 35.5 Å². The van der Waals surface area contributed by atoms with Crippen LogP contribution in [0.1, 0.15) is 54.8 Å². The Kier molecular flexibility index (Phi) is 8.01. The molecular weight excluding hydrogens is 518 g/mol. The number of ether oxygens (including phenoxy) is 2. The van der Waals surface area contributed by atoms with Crippen molar-refractivity contribution in [3.8, 4) is 5.75 Å². The molecule has 210 valence electrons. The summed E-state index contributed by atoms with van der Waals surface area (Å²) in [5, 5.41) is 5.75. The number of morpholine rings is 1. The molecule has 2 amide bonds. The number of aromatic nitrogens is 4. The summed E-state index contributed by atoms with van der Waals surface area (Å²) in [6.07, 6.45) is 5.47. The zero-order valence-electron chi connectivity index (χ0n) is 22.4. The van der Waals surface area contributed by atoms with E-state index in [1.54, 1.807) is 0 Å². The summed E-state index contributed by atoms with van der Waals surface area (Å²) in [5.74, 6) is -0.744. The van der Waals surface area contributed by atoms with Crippen LogP contribution in [0.2, 0.25) is 0 Å². The van der Waals surface area contributed by atoms with Crippen molar-refractivity contribution in [1.29, 1.82) is 0 Å². The lowest BCUT2D eigenvalue weighted by Crippen LogP contribution is -2.36. The molecule has 2 fully saturated rings. The Morgan fingerprint density at radius 1 is 1.05 bits per heavy atom. The molecule has 40 heavy (non-hydrogen) atoms. The molecular formula is C27H31N7O6. The largest absolute Gasteiger partial charge is 0.489 e. The van der Waals surface area contributed by atoms with Crippen molar-refractivity contribution >= 4 is 40.3 Å². The third-order valence-corrected chi connectivity index (χ3v) is 7.01. The van der Waals surface area contributed by atoms with Crippen LogP contribution in [0.5, 0.6) is 5.75 Å². The van der Waals surface area contributed by atoms with Crippen LogP contribution < -0.4 is 25.8 Å². The Balaban J connectivity index is 1.31. The number of nitrogens with zero attached hydrogens (tertiary/aromatic N) is 5. The van der Waals surface area contributed by atoms with Crippen molar-refractivity contribution in [3.05, 3.63) is 46.8 Å². The molecule has 2 N–H and O–H groups in total. The van der Waals surface area contributed by atoms with E-state index in [0.29, 0.717) is 56.4 Å². The number of carbonyl (C=O) groups is 3. The normalized spacial score (nSPS) is 19.2. The third-order valence-electron chi connectivity index (χ3n) is 7.01. The maximum Gasteiger partial charge on any atom is 0.276 e. The summed E-state index contributed by atoms with van der Waals surface area (Å²) in [6, 6.07) is 5.21. The first-order chi connectivity index (χ1) is 19.3. The van der Waals surface area contributed by atoms with Crippen molar-refractivity contribution < 1.29 is 23.9 Å². The minimum atomic E-state index is -0.583. The Labute approximate surface area is 229 Å². The van der Waals surface area contributed by atoms with E-state index in [9.17, 15) is 19.2 Å². The highest BCUT2D eigenvalue weighted by molar-refractivity contribution is 6.02. The smallest absolute Gasteiger partial charge is 0.276 e. The van der Waals surface area contributed by atoms with E-state index < -0.39 is 23.3 Å². The molecule has 1 aliphatic heterocycles. The monoisotopic (exact) mass is 549 g/mol. The fourth-order valence-electron chi connectivity index (χ4n) is 4.98. The van der Waals surface area contributed by atoms with Crippen LogP contribution in [0, 0.1) is 0 Å². The number of amides is 2. The number of hydrogen-bond donors (Lipinski definition) is 2. The molecule has 0 atom stereocenters.